The third-order valence-corrected chi connectivity index (χ3v) is 13.5. The van der Waals surface area contributed by atoms with Gasteiger partial charge in [-0.15, -0.1) is 0 Å². The number of aromatic nitrogens is 2. The summed E-state index contributed by atoms with van der Waals surface area (Å²) in [7, 11) is -2.44. The number of fused-ring (bicyclic) bond motifs is 5. The average Bonchev–Trinajstić information content (AvgIpc) is 3.28. The number of hydrogen-bond acceptors (Lipinski definition) is 9. The van der Waals surface area contributed by atoms with Crippen molar-refractivity contribution in [1.82, 2.24) is 14.9 Å². The van der Waals surface area contributed by atoms with Gasteiger partial charge in [-0.25, -0.2) is 14.6 Å². The molecule has 2 aliphatic heterocycles. The Morgan fingerprint density at radius 1 is 1.20 bits per heavy atom. The number of ether oxygens (including phenoxy) is 3. The zero-order valence-electron chi connectivity index (χ0n) is 26.4. The molecule has 1 amide bonds. The minimum Gasteiger partial charge on any atom is -0.508 e. The molecule has 2 N–H and O–H groups in total. The van der Waals surface area contributed by atoms with Crippen molar-refractivity contribution in [3.05, 3.63) is 57.4 Å². The van der Waals surface area contributed by atoms with E-state index in [-0.39, 0.29) is 35.4 Å². The van der Waals surface area contributed by atoms with Gasteiger partial charge in [0.05, 0.1) is 29.0 Å². The standard InChI is InChI=1S/C32H39N3O8Si/c1-9-32(42-24(37)15-33-30(40)43-31(4,5)6)21-14-23-26-19(12-18-13-20(36)10-11-22(18)34-26)16-35(23)27(38)25(21)28(41-29(32)39)44(7,8)17(2)3/h10-14,17,28,36H,9,15-16H2,1-8H3,(H,33,40). The summed E-state index contributed by atoms with van der Waals surface area (Å²) in [4.78, 5) is 58.6. The van der Waals surface area contributed by atoms with Gasteiger partial charge in [0.15, 0.2) is 0 Å². The lowest BCUT2D eigenvalue weighted by molar-refractivity contribution is -0.190. The van der Waals surface area contributed by atoms with E-state index < -0.39 is 49.6 Å². The highest BCUT2D eigenvalue weighted by molar-refractivity contribution is 6.79. The molecular formula is C32H39N3O8Si. The first kappa shape index (κ1) is 31.2. The number of hydrogen-bond donors (Lipinski definition) is 2. The molecule has 11 nitrogen and oxygen atoms in total. The molecule has 3 aromatic rings. The topological polar surface area (TPSA) is 146 Å². The molecule has 0 saturated carbocycles. The maximum absolute atomic E-state index is 14.5. The van der Waals surface area contributed by atoms with Crippen LogP contribution in [0.1, 0.15) is 70.4 Å². The number of carbonyl (C=O) groups is 3. The first-order valence-electron chi connectivity index (χ1n) is 14.8. The fraction of sp³-hybridized carbons (Fsp3) is 0.469. The summed E-state index contributed by atoms with van der Waals surface area (Å²) in [6.45, 7) is 14.7. The smallest absolute Gasteiger partial charge is 0.408 e. The summed E-state index contributed by atoms with van der Waals surface area (Å²) in [6, 6.07) is 8.49. The maximum Gasteiger partial charge on any atom is 0.408 e. The van der Waals surface area contributed by atoms with Gasteiger partial charge in [0, 0.05) is 16.5 Å². The lowest BCUT2D eigenvalue weighted by atomic mass is 9.85. The van der Waals surface area contributed by atoms with E-state index >= 15 is 0 Å². The number of carbonyl (C=O) groups excluding carboxylic acids is 3. The zero-order valence-corrected chi connectivity index (χ0v) is 27.4. The zero-order chi connectivity index (χ0) is 32.4. The normalized spacial score (nSPS) is 19.2. The molecule has 44 heavy (non-hydrogen) atoms. The second kappa shape index (κ2) is 10.8. The molecule has 2 aliphatic rings. The van der Waals surface area contributed by atoms with Gasteiger partial charge in [0.2, 0.25) is 5.60 Å². The predicted octanol–water partition coefficient (Wildman–Crippen LogP) is 5.06. The van der Waals surface area contributed by atoms with Crippen LogP contribution in [0.25, 0.3) is 22.3 Å². The van der Waals surface area contributed by atoms with Crippen LogP contribution in [0.15, 0.2) is 35.1 Å². The van der Waals surface area contributed by atoms with Crippen molar-refractivity contribution in [3.8, 4) is 17.1 Å². The van der Waals surface area contributed by atoms with E-state index in [9.17, 15) is 24.3 Å². The number of pyridine rings is 2. The monoisotopic (exact) mass is 621 g/mol. The lowest BCUT2D eigenvalue weighted by Gasteiger charge is -2.44. The van der Waals surface area contributed by atoms with Crippen LogP contribution in [0.2, 0.25) is 18.6 Å². The van der Waals surface area contributed by atoms with Crippen LogP contribution < -0.4 is 10.9 Å². The molecule has 2 unspecified atom stereocenters. The van der Waals surface area contributed by atoms with E-state index in [4.69, 9.17) is 19.2 Å². The highest BCUT2D eigenvalue weighted by Crippen LogP contribution is 2.48. The molecule has 12 heteroatoms. The van der Waals surface area contributed by atoms with Crippen LogP contribution in [0.3, 0.4) is 0 Å². The first-order valence-corrected chi connectivity index (χ1v) is 17.9. The summed E-state index contributed by atoms with van der Waals surface area (Å²) in [5, 5.41) is 13.1. The van der Waals surface area contributed by atoms with Crippen LogP contribution in [-0.2, 0) is 35.9 Å². The predicted molar refractivity (Wildman–Crippen MR) is 166 cm³/mol. The molecule has 5 rings (SSSR count). The summed E-state index contributed by atoms with van der Waals surface area (Å²) in [6.07, 6.45) is -0.816. The van der Waals surface area contributed by atoms with Crippen molar-refractivity contribution in [2.45, 2.75) is 90.1 Å². The fourth-order valence-electron chi connectivity index (χ4n) is 5.71. The van der Waals surface area contributed by atoms with E-state index in [1.54, 1.807) is 56.5 Å². The average molecular weight is 622 g/mol. The molecule has 1 aromatic carbocycles. The van der Waals surface area contributed by atoms with E-state index in [0.717, 1.165) is 10.9 Å². The Labute approximate surface area is 256 Å². The molecule has 2 atom stereocenters. The number of phenols is 1. The van der Waals surface area contributed by atoms with Crippen LogP contribution in [0.4, 0.5) is 4.79 Å². The summed E-state index contributed by atoms with van der Waals surface area (Å²) in [5.74, 6) is -1.53. The molecule has 0 aliphatic carbocycles. The highest BCUT2D eigenvalue weighted by Gasteiger charge is 2.56. The van der Waals surface area contributed by atoms with Crippen LogP contribution in [0.5, 0.6) is 5.75 Å². The Balaban J connectivity index is 1.65. The number of aromatic hydroxyl groups is 1. The Morgan fingerprint density at radius 3 is 2.55 bits per heavy atom. The molecule has 0 radical (unpaired) electrons. The molecule has 234 valence electrons. The number of benzene rings is 1. The number of esters is 2. The molecule has 2 aromatic heterocycles. The van der Waals surface area contributed by atoms with Gasteiger partial charge >= 0.3 is 18.0 Å². The van der Waals surface area contributed by atoms with Crippen molar-refractivity contribution in [1.29, 1.82) is 0 Å². The van der Waals surface area contributed by atoms with Crippen molar-refractivity contribution >= 4 is 37.0 Å². The molecule has 0 bridgehead atoms. The van der Waals surface area contributed by atoms with E-state index in [1.807, 2.05) is 6.07 Å². The summed E-state index contributed by atoms with van der Waals surface area (Å²) < 4.78 is 18.8. The van der Waals surface area contributed by atoms with E-state index in [2.05, 4.69) is 32.3 Å². The Kier molecular flexibility index (Phi) is 7.64. The third-order valence-electron chi connectivity index (χ3n) is 8.76. The number of nitrogens with zero attached hydrogens (tertiary/aromatic N) is 2. The number of phenolic OH excluding ortho intramolecular Hbond substituents is 1. The number of alkyl carbamates (subject to hydrolysis) is 1. The minimum atomic E-state index is -2.44. The highest BCUT2D eigenvalue weighted by atomic mass is 28.3. The summed E-state index contributed by atoms with van der Waals surface area (Å²) in [5.41, 5.74) is -0.571. The summed E-state index contributed by atoms with van der Waals surface area (Å²) >= 11 is 0. The van der Waals surface area contributed by atoms with Gasteiger partial charge in [-0.1, -0.05) is 33.9 Å². The molecule has 0 fully saturated rings. The van der Waals surface area contributed by atoms with Crippen molar-refractivity contribution < 1.29 is 33.7 Å². The van der Waals surface area contributed by atoms with Gasteiger partial charge in [-0.2, -0.15) is 0 Å². The fourth-order valence-corrected chi connectivity index (χ4v) is 7.75. The van der Waals surface area contributed by atoms with Crippen molar-refractivity contribution in [2.75, 3.05) is 6.54 Å². The molecular weight excluding hydrogens is 582 g/mol. The molecule has 4 heterocycles. The van der Waals surface area contributed by atoms with Gasteiger partial charge in [-0.3, -0.25) is 9.59 Å². The van der Waals surface area contributed by atoms with Crippen molar-refractivity contribution in [2.24, 2.45) is 0 Å². The maximum atomic E-state index is 14.5. The Hall–Kier alpha value is -4.19. The quantitative estimate of drug-likeness (QED) is 0.171. The third kappa shape index (κ3) is 5.25. The number of nitrogens with one attached hydrogen (secondary N) is 1. The van der Waals surface area contributed by atoms with Crippen LogP contribution >= 0.6 is 0 Å². The number of rotatable bonds is 6. The van der Waals surface area contributed by atoms with Crippen LogP contribution in [-0.4, -0.2) is 52.9 Å². The first-order chi connectivity index (χ1) is 20.5. The van der Waals surface area contributed by atoms with Gasteiger partial charge in [-0.05, 0) is 63.1 Å². The Morgan fingerprint density at radius 2 is 1.91 bits per heavy atom. The number of amides is 1. The largest absolute Gasteiger partial charge is 0.508 e. The van der Waals surface area contributed by atoms with Crippen molar-refractivity contribution in [3.63, 3.8) is 0 Å². The second-order valence-corrected chi connectivity index (χ2v) is 18.7. The lowest BCUT2D eigenvalue weighted by Crippen LogP contribution is -2.55. The minimum absolute atomic E-state index is 0.00638. The van der Waals surface area contributed by atoms with Crippen LogP contribution in [0, 0.1) is 0 Å². The van der Waals surface area contributed by atoms with Gasteiger partial charge in [0.1, 0.15) is 31.7 Å². The number of cyclic esters (lactones) is 1. The van der Waals surface area contributed by atoms with Gasteiger partial charge < -0.3 is 29.2 Å². The second-order valence-electron chi connectivity index (χ2n) is 13.4. The molecule has 0 saturated heterocycles. The molecule has 0 spiro atoms. The van der Waals surface area contributed by atoms with Gasteiger partial charge in [0.25, 0.3) is 5.56 Å². The Bertz CT molecular complexity index is 1760. The SMILES string of the molecule is CCC1(OC(=O)CNC(=O)OC(C)(C)C)C(=O)OC([Si](C)(C)C(C)C)c2c1cc1n(c2=O)Cc2cc3cc(O)ccc3nc2-1. The van der Waals surface area contributed by atoms with E-state index in [0.29, 0.717) is 22.5 Å². The van der Waals surface area contributed by atoms with E-state index in [1.165, 1.54) is 0 Å².